The van der Waals surface area contributed by atoms with E-state index in [4.69, 9.17) is 4.74 Å². The molecule has 1 heterocycles. The number of β-lactam (4-membered cyclic amide) rings is 1. The van der Waals surface area contributed by atoms with Crippen molar-refractivity contribution in [3.63, 3.8) is 0 Å². The first-order valence-electron chi connectivity index (χ1n) is 10.1. The van der Waals surface area contributed by atoms with Crippen LogP contribution in [0.4, 0.5) is 4.79 Å². The second-order valence-corrected chi connectivity index (χ2v) is 7.56. The van der Waals surface area contributed by atoms with Gasteiger partial charge in [0.1, 0.15) is 0 Å². The Bertz CT molecular complexity index is 629. The molecule has 1 saturated heterocycles. The van der Waals surface area contributed by atoms with Crippen LogP contribution in [0.2, 0.25) is 0 Å². The van der Waals surface area contributed by atoms with Crippen LogP contribution in [0, 0.1) is 5.41 Å². The third kappa shape index (κ3) is 4.26. The van der Waals surface area contributed by atoms with Crippen molar-refractivity contribution in [2.75, 3.05) is 33.4 Å². The number of methoxy groups -OCH3 is 1. The fourth-order valence-electron chi connectivity index (χ4n) is 4.56. The summed E-state index contributed by atoms with van der Waals surface area (Å²) >= 11 is 0. The van der Waals surface area contributed by atoms with Gasteiger partial charge in [-0.3, -0.25) is 4.79 Å². The lowest BCUT2D eigenvalue weighted by Gasteiger charge is -2.58. The van der Waals surface area contributed by atoms with Gasteiger partial charge in [0.15, 0.2) is 0 Å². The molecule has 6 heteroatoms. The topological polar surface area (TPSA) is 70.7 Å². The molecule has 2 aliphatic rings. The average Bonchev–Trinajstić information content (AvgIpc) is 2.71. The molecule has 1 aromatic rings. The van der Waals surface area contributed by atoms with Crippen LogP contribution in [0.15, 0.2) is 30.3 Å². The van der Waals surface area contributed by atoms with E-state index in [0.29, 0.717) is 26.2 Å². The minimum absolute atomic E-state index is 0.137. The van der Waals surface area contributed by atoms with Crippen LogP contribution in [0.3, 0.4) is 0 Å². The molecular formula is C21H31N3O3. The Labute approximate surface area is 161 Å². The Kier molecular flexibility index (Phi) is 6.72. The minimum atomic E-state index is -0.220. The van der Waals surface area contributed by atoms with Gasteiger partial charge in [0, 0.05) is 33.4 Å². The molecule has 1 saturated carbocycles. The second-order valence-electron chi connectivity index (χ2n) is 7.56. The van der Waals surface area contributed by atoms with Crippen molar-refractivity contribution in [1.82, 2.24) is 15.5 Å². The fourth-order valence-corrected chi connectivity index (χ4v) is 4.56. The Balaban J connectivity index is 1.56. The molecule has 1 spiro atoms. The highest BCUT2D eigenvalue weighted by molar-refractivity contribution is 5.91. The molecule has 1 aliphatic heterocycles. The van der Waals surface area contributed by atoms with E-state index < -0.39 is 0 Å². The summed E-state index contributed by atoms with van der Waals surface area (Å²) in [5.41, 5.74) is 0.991. The van der Waals surface area contributed by atoms with E-state index in [0.717, 1.165) is 32.1 Å². The first-order valence-corrected chi connectivity index (χ1v) is 10.1. The summed E-state index contributed by atoms with van der Waals surface area (Å²) < 4.78 is 4.96. The first kappa shape index (κ1) is 19.7. The van der Waals surface area contributed by atoms with E-state index in [1.54, 1.807) is 7.11 Å². The van der Waals surface area contributed by atoms with Crippen molar-refractivity contribution < 1.29 is 14.3 Å². The largest absolute Gasteiger partial charge is 0.385 e. The van der Waals surface area contributed by atoms with Gasteiger partial charge in [-0.05, 0) is 24.8 Å². The predicted octanol–water partition coefficient (Wildman–Crippen LogP) is 2.86. The predicted molar refractivity (Wildman–Crippen MR) is 104 cm³/mol. The first-order chi connectivity index (χ1) is 13.2. The van der Waals surface area contributed by atoms with Gasteiger partial charge >= 0.3 is 6.03 Å². The van der Waals surface area contributed by atoms with Gasteiger partial charge in [-0.15, -0.1) is 0 Å². The Morgan fingerprint density at radius 1 is 1.15 bits per heavy atom. The Hall–Kier alpha value is -2.08. The second kappa shape index (κ2) is 9.22. The van der Waals surface area contributed by atoms with Gasteiger partial charge in [0.05, 0.1) is 11.5 Å². The van der Waals surface area contributed by atoms with Crippen LogP contribution >= 0.6 is 0 Å². The minimum Gasteiger partial charge on any atom is -0.385 e. The number of ether oxygens (including phenoxy) is 1. The van der Waals surface area contributed by atoms with Crippen LogP contribution in [0.1, 0.15) is 50.1 Å². The maximum Gasteiger partial charge on any atom is 0.314 e. The lowest BCUT2D eigenvalue weighted by molar-refractivity contribution is -0.178. The van der Waals surface area contributed by atoms with Crippen molar-refractivity contribution in [3.05, 3.63) is 35.9 Å². The maximum atomic E-state index is 13.0. The summed E-state index contributed by atoms with van der Waals surface area (Å²) in [6, 6.07) is 10.3. The molecule has 27 heavy (non-hydrogen) atoms. The highest BCUT2D eigenvalue weighted by Gasteiger charge is 2.60. The van der Waals surface area contributed by atoms with Crippen molar-refractivity contribution in [2.24, 2.45) is 5.41 Å². The summed E-state index contributed by atoms with van der Waals surface area (Å²) in [5.74, 6) is 0.262. The SMILES string of the molecule is COCCCNC(=O)NCCN1C(=O)C2(CCCCC2)C1c1ccccc1. The molecule has 1 atom stereocenters. The molecule has 2 fully saturated rings. The molecule has 148 valence electrons. The molecule has 0 bridgehead atoms. The molecule has 3 rings (SSSR count). The van der Waals surface area contributed by atoms with Crippen LogP contribution < -0.4 is 10.6 Å². The zero-order valence-corrected chi connectivity index (χ0v) is 16.2. The monoisotopic (exact) mass is 373 g/mol. The summed E-state index contributed by atoms with van der Waals surface area (Å²) in [4.78, 5) is 26.8. The Morgan fingerprint density at radius 3 is 2.56 bits per heavy atom. The van der Waals surface area contributed by atoms with Gasteiger partial charge in [0.25, 0.3) is 0 Å². The lowest BCUT2D eigenvalue weighted by Crippen LogP contribution is -2.65. The number of hydrogen-bond acceptors (Lipinski definition) is 3. The molecule has 1 aromatic carbocycles. The van der Waals surface area contributed by atoms with Crippen LogP contribution in [-0.4, -0.2) is 50.2 Å². The van der Waals surface area contributed by atoms with Crippen molar-refractivity contribution in [1.29, 1.82) is 0 Å². The van der Waals surface area contributed by atoms with E-state index in [-0.39, 0.29) is 23.4 Å². The molecule has 6 nitrogen and oxygen atoms in total. The number of likely N-dealkylation sites (tertiary alicyclic amines) is 1. The molecule has 1 aliphatic carbocycles. The van der Waals surface area contributed by atoms with Crippen LogP contribution in [0.25, 0.3) is 0 Å². The zero-order valence-electron chi connectivity index (χ0n) is 16.2. The third-order valence-electron chi connectivity index (χ3n) is 5.83. The third-order valence-corrected chi connectivity index (χ3v) is 5.83. The average molecular weight is 373 g/mol. The summed E-state index contributed by atoms with van der Waals surface area (Å²) in [6.07, 6.45) is 6.23. The van der Waals surface area contributed by atoms with Gasteiger partial charge in [-0.25, -0.2) is 4.79 Å². The van der Waals surface area contributed by atoms with Gasteiger partial charge < -0.3 is 20.3 Å². The quantitative estimate of drug-likeness (QED) is 0.544. The van der Waals surface area contributed by atoms with Crippen LogP contribution in [0.5, 0.6) is 0 Å². The standard InChI is InChI=1S/C21H31N3O3/c1-27-16-8-13-22-20(26)23-14-15-24-18(17-9-4-2-5-10-17)21(19(24)25)11-6-3-7-12-21/h2,4-5,9-10,18H,3,6-8,11-16H2,1H3,(H2,22,23,26). The van der Waals surface area contributed by atoms with Crippen molar-refractivity contribution in [3.8, 4) is 0 Å². The Morgan fingerprint density at radius 2 is 1.85 bits per heavy atom. The van der Waals surface area contributed by atoms with Gasteiger partial charge in [-0.1, -0.05) is 49.6 Å². The molecular weight excluding hydrogens is 342 g/mol. The van der Waals surface area contributed by atoms with Crippen molar-refractivity contribution >= 4 is 11.9 Å². The van der Waals surface area contributed by atoms with Crippen LogP contribution in [-0.2, 0) is 9.53 Å². The fraction of sp³-hybridized carbons (Fsp3) is 0.619. The van der Waals surface area contributed by atoms with E-state index in [2.05, 4.69) is 22.8 Å². The molecule has 1 unspecified atom stereocenters. The molecule has 0 aromatic heterocycles. The number of carbonyl (C=O) groups is 2. The highest BCUT2D eigenvalue weighted by Crippen LogP contribution is 2.57. The zero-order chi connectivity index (χ0) is 19.1. The van der Waals surface area contributed by atoms with Crippen molar-refractivity contribution in [2.45, 2.75) is 44.6 Å². The number of nitrogens with one attached hydrogen (secondary N) is 2. The normalized spacial score (nSPS) is 21.0. The maximum absolute atomic E-state index is 13.0. The number of carbonyl (C=O) groups excluding carboxylic acids is 2. The highest BCUT2D eigenvalue weighted by atomic mass is 16.5. The number of amides is 3. The number of nitrogens with zero attached hydrogens (tertiary/aromatic N) is 1. The van der Waals surface area contributed by atoms with Gasteiger partial charge in [0.2, 0.25) is 5.91 Å². The van der Waals surface area contributed by atoms with E-state index >= 15 is 0 Å². The smallest absolute Gasteiger partial charge is 0.314 e. The summed E-state index contributed by atoms with van der Waals surface area (Å²) in [7, 11) is 1.65. The van der Waals surface area contributed by atoms with E-state index in [1.165, 1.54) is 12.0 Å². The summed E-state index contributed by atoms with van der Waals surface area (Å²) in [6.45, 7) is 2.22. The molecule has 2 N–H and O–H groups in total. The van der Waals surface area contributed by atoms with E-state index in [1.807, 2.05) is 23.1 Å². The van der Waals surface area contributed by atoms with Gasteiger partial charge in [-0.2, -0.15) is 0 Å². The lowest BCUT2D eigenvalue weighted by atomic mass is 9.60. The van der Waals surface area contributed by atoms with E-state index in [9.17, 15) is 9.59 Å². The molecule has 0 radical (unpaired) electrons. The number of benzene rings is 1. The number of urea groups is 1. The molecule has 3 amide bonds. The number of hydrogen-bond donors (Lipinski definition) is 2. The number of rotatable bonds is 8. The summed E-state index contributed by atoms with van der Waals surface area (Å²) in [5, 5.41) is 5.66.